The molecule has 0 atom stereocenters. The molecular weight excluding hydrogens is 402 g/mol. The second-order valence-electron chi connectivity index (χ2n) is 8.55. The second-order valence-corrected chi connectivity index (χ2v) is 8.55. The van der Waals surface area contributed by atoms with Crippen LogP contribution in [0.1, 0.15) is 6.92 Å². The maximum Gasteiger partial charge on any atom is 0.0785 e. The summed E-state index contributed by atoms with van der Waals surface area (Å²) in [6.07, 6.45) is 5.58. The molecule has 0 spiro atoms. The summed E-state index contributed by atoms with van der Waals surface area (Å²) in [5.74, 6) is 0. The molecule has 0 bridgehead atoms. The molecule has 2 aromatic heterocycles. The van der Waals surface area contributed by atoms with E-state index in [2.05, 4.69) is 113 Å². The van der Waals surface area contributed by atoms with E-state index in [0.29, 0.717) is 0 Å². The molecule has 6 rings (SSSR count). The predicted molar refractivity (Wildman–Crippen MR) is 141 cm³/mol. The van der Waals surface area contributed by atoms with Crippen LogP contribution >= 0.6 is 0 Å². The van der Waals surface area contributed by atoms with Crippen molar-refractivity contribution < 1.29 is 0 Å². The van der Waals surface area contributed by atoms with Gasteiger partial charge in [-0.3, -0.25) is 0 Å². The Hall–Kier alpha value is -4.24. The van der Waals surface area contributed by atoms with E-state index in [1.54, 1.807) is 6.20 Å². The summed E-state index contributed by atoms with van der Waals surface area (Å²) in [6.45, 7) is 2.96. The van der Waals surface area contributed by atoms with Crippen LogP contribution in [0, 0.1) is 0 Å². The Bertz CT molecular complexity index is 1700. The van der Waals surface area contributed by atoms with Crippen molar-refractivity contribution in [2.45, 2.75) is 13.5 Å². The van der Waals surface area contributed by atoms with E-state index in [9.17, 15) is 0 Å². The van der Waals surface area contributed by atoms with Gasteiger partial charge in [0.25, 0.3) is 0 Å². The summed E-state index contributed by atoms with van der Waals surface area (Å²) in [6, 6.07) is 32.7. The Morgan fingerprint density at radius 1 is 0.697 bits per heavy atom. The van der Waals surface area contributed by atoms with Crippen molar-refractivity contribution in [2.24, 2.45) is 5.73 Å². The van der Waals surface area contributed by atoms with Crippen LogP contribution in [0.5, 0.6) is 0 Å². The number of hydrogen-bond acceptors (Lipinski definition) is 1. The van der Waals surface area contributed by atoms with Crippen LogP contribution in [0.2, 0.25) is 0 Å². The lowest BCUT2D eigenvalue weighted by Crippen LogP contribution is -2.01. The van der Waals surface area contributed by atoms with Crippen molar-refractivity contribution in [3.8, 4) is 5.69 Å². The Morgan fingerprint density at radius 2 is 1.30 bits per heavy atom. The molecule has 0 fully saturated rings. The first-order valence-electron chi connectivity index (χ1n) is 11.3. The molecule has 0 aliphatic rings. The Kier molecular flexibility index (Phi) is 4.55. The van der Waals surface area contributed by atoms with Crippen LogP contribution in [0.3, 0.4) is 0 Å². The number of hydrogen-bond donors (Lipinski definition) is 1. The van der Waals surface area contributed by atoms with Gasteiger partial charge in [-0.1, -0.05) is 78.4 Å². The van der Waals surface area contributed by atoms with Gasteiger partial charge in [-0.2, -0.15) is 0 Å². The molecule has 0 aliphatic heterocycles. The summed E-state index contributed by atoms with van der Waals surface area (Å²) < 4.78 is 4.88. The minimum atomic E-state index is 0.795. The summed E-state index contributed by atoms with van der Waals surface area (Å²) in [5.41, 5.74) is 13.0. The molecule has 0 aliphatic carbocycles. The minimum Gasteiger partial charge on any atom is -0.405 e. The molecule has 6 aromatic rings. The van der Waals surface area contributed by atoms with E-state index >= 15 is 0 Å². The first-order chi connectivity index (χ1) is 16.3. The average molecular weight is 428 g/mol. The standard InChI is InChI=1S/C30H25N3/c1-21(10-9-19-31)20-32-27-15-7-5-13-23(27)25-17-18-26-24-14-6-8-16-28(24)33(30(26)29(25)32)22-11-3-2-4-12-22/h2-19H,20,31H2,1H3/b19-9-,21-10-. The number of rotatable bonds is 4. The van der Waals surface area contributed by atoms with Crippen molar-refractivity contribution in [3.63, 3.8) is 0 Å². The summed E-state index contributed by atoms with van der Waals surface area (Å²) in [5, 5.41) is 5.10. The highest BCUT2D eigenvalue weighted by atomic mass is 15.0. The first-order valence-corrected chi connectivity index (χ1v) is 11.3. The Morgan fingerprint density at radius 3 is 2.03 bits per heavy atom. The number of allylic oxidation sites excluding steroid dienone is 3. The molecule has 0 saturated carbocycles. The predicted octanol–water partition coefficient (Wildman–Crippen LogP) is 7.31. The highest BCUT2D eigenvalue weighted by Crippen LogP contribution is 2.40. The fourth-order valence-electron chi connectivity index (χ4n) is 5.12. The van der Waals surface area contributed by atoms with Gasteiger partial charge in [-0.05, 0) is 43.5 Å². The van der Waals surface area contributed by atoms with Gasteiger partial charge in [0.05, 0.1) is 16.6 Å². The van der Waals surface area contributed by atoms with Gasteiger partial charge in [0.1, 0.15) is 0 Å². The van der Waals surface area contributed by atoms with Crippen LogP contribution in [-0.4, -0.2) is 9.13 Å². The van der Waals surface area contributed by atoms with Crippen LogP contribution in [-0.2, 0) is 6.54 Å². The number of aromatic nitrogens is 2. The van der Waals surface area contributed by atoms with E-state index in [-0.39, 0.29) is 0 Å². The lowest BCUT2D eigenvalue weighted by atomic mass is 10.1. The third-order valence-electron chi connectivity index (χ3n) is 6.48. The molecule has 3 nitrogen and oxygen atoms in total. The molecule has 33 heavy (non-hydrogen) atoms. The van der Waals surface area contributed by atoms with Gasteiger partial charge < -0.3 is 14.9 Å². The number of nitrogens with zero attached hydrogens (tertiary/aromatic N) is 2. The number of benzene rings is 4. The Balaban J connectivity index is 1.83. The highest BCUT2D eigenvalue weighted by molar-refractivity contribution is 6.23. The number of fused-ring (bicyclic) bond motifs is 7. The van der Waals surface area contributed by atoms with Gasteiger partial charge in [0, 0.05) is 39.3 Å². The SMILES string of the molecule is C/C(=C/C=C\N)Cn1c2ccccc2c2ccc3c4ccccc4n(-c4ccccc4)c3c21. The third kappa shape index (κ3) is 2.97. The van der Waals surface area contributed by atoms with Gasteiger partial charge in [-0.25, -0.2) is 0 Å². The smallest absolute Gasteiger partial charge is 0.0785 e. The molecule has 0 amide bonds. The van der Waals surface area contributed by atoms with Crippen LogP contribution in [0.4, 0.5) is 0 Å². The van der Waals surface area contributed by atoms with Gasteiger partial charge in [0.2, 0.25) is 0 Å². The highest BCUT2D eigenvalue weighted by Gasteiger charge is 2.19. The van der Waals surface area contributed by atoms with E-state index < -0.39 is 0 Å². The summed E-state index contributed by atoms with van der Waals surface area (Å²) in [7, 11) is 0. The molecule has 0 unspecified atom stereocenters. The van der Waals surface area contributed by atoms with Crippen molar-refractivity contribution in [2.75, 3.05) is 0 Å². The maximum atomic E-state index is 5.60. The van der Waals surface area contributed by atoms with E-state index in [1.807, 2.05) is 6.08 Å². The van der Waals surface area contributed by atoms with Crippen molar-refractivity contribution >= 4 is 43.6 Å². The quantitative estimate of drug-likeness (QED) is 0.294. The van der Waals surface area contributed by atoms with Gasteiger partial charge >= 0.3 is 0 Å². The monoisotopic (exact) mass is 427 g/mol. The number of nitrogens with two attached hydrogens (primary N) is 1. The molecule has 3 heteroatoms. The lowest BCUT2D eigenvalue weighted by Gasteiger charge is -2.12. The molecular formula is C30H25N3. The zero-order chi connectivity index (χ0) is 22.4. The second kappa shape index (κ2) is 7.72. The molecule has 160 valence electrons. The summed E-state index contributed by atoms with van der Waals surface area (Å²) in [4.78, 5) is 0. The topological polar surface area (TPSA) is 35.9 Å². The minimum absolute atomic E-state index is 0.795. The average Bonchev–Trinajstić information content (AvgIpc) is 3.36. The lowest BCUT2D eigenvalue weighted by molar-refractivity contribution is 0.850. The van der Waals surface area contributed by atoms with Crippen LogP contribution < -0.4 is 5.73 Å². The van der Waals surface area contributed by atoms with E-state index in [4.69, 9.17) is 5.73 Å². The van der Waals surface area contributed by atoms with Gasteiger partial charge in [0.15, 0.2) is 0 Å². The molecule has 4 aromatic carbocycles. The fourth-order valence-corrected chi connectivity index (χ4v) is 5.12. The van der Waals surface area contributed by atoms with Crippen molar-refractivity contribution in [3.05, 3.63) is 115 Å². The molecule has 0 saturated heterocycles. The van der Waals surface area contributed by atoms with Crippen LogP contribution in [0.15, 0.2) is 115 Å². The first kappa shape index (κ1) is 19.4. The van der Waals surface area contributed by atoms with E-state index in [1.165, 1.54) is 54.9 Å². The third-order valence-corrected chi connectivity index (χ3v) is 6.48. The van der Waals surface area contributed by atoms with Crippen molar-refractivity contribution in [1.82, 2.24) is 9.13 Å². The summed E-state index contributed by atoms with van der Waals surface area (Å²) >= 11 is 0. The molecule has 2 heterocycles. The van der Waals surface area contributed by atoms with Crippen molar-refractivity contribution in [1.29, 1.82) is 0 Å². The fraction of sp³-hybridized carbons (Fsp3) is 0.0667. The Labute approximate surface area is 192 Å². The van der Waals surface area contributed by atoms with Crippen LogP contribution in [0.25, 0.3) is 49.3 Å². The number of para-hydroxylation sites is 3. The zero-order valence-corrected chi connectivity index (χ0v) is 18.6. The molecule has 0 radical (unpaired) electrons. The molecule has 2 N–H and O–H groups in total. The van der Waals surface area contributed by atoms with E-state index in [0.717, 1.165) is 6.54 Å². The van der Waals surface area contributed by atoms with Gasteiger partial charge in [-0.15, -0.1) is 0 Å². The largest absolute Gasteiger partial charge is 0.405 e. The zero-order valence-electron chi connectivity index (χ0n) is 18.6. The normalized spacial score (nSPS) is 12.7. The maximum absolute atomic E-state index is 5.60.